The van der Waals surface area contributed by atoms with E-state index in [1.807, 2.05) is 6.92 Å². The lowest BCUT2D eigenvalue weighted by Crippen LogP contribution is -2.48. The first kappa shape index (κ1) is 15.0. The van der Waals surface area contributed by atoms with E-state index in [9.17, 15) is 9.59 Å². The third kappa shape index (κ3) is 3.20. The predicted octanol–water partition coefficient (Wildman–Crippen LogP) is 2.42. The molecule has 4 nitrogen and oxygen atoms in total. The topological polar surface area (TPSA) is 63.4 Å². The lowest BCUT2D eigenvalue weighted by Gasteiger charge is -2.30. The fraction of sp³-hybridized carbons (Fsp3) is 0.600. The molecule has 1 aromatic heterocycles. The smallest absolute Gasteiger partial charge is 0.240 e. The van der Waals surface area contributed by atoms with Gasteiger partial charge in [0.25, 0.3) is 0 Å². The SMILES string of the molecule is CCC(C(N)=O)N1CC(c2cc(C)cs2)CCCC1=O. The average Bonchev–Trinajstić information content (AvgIpc) is 2.73. The number of aryl methyl sites for hydroxylation is 1. The van der Waals surface area contributed by atoms with E-state index in [4.69, 9.17) is 5.73 Å². The van der Waals surface area contributed by atoms with Gasteiger partial charge in [-0.3, -0.25) is 9.59 Å². The molecule has 0 bridgehead atoms. The fourth-order valence-electron chi connectivity index (χ4n) is 2.85. The van der Waals surface area contributed by atoms with E-state index < -0.39 is 11.9 Å². The zero-order chi connectivity index (χ0) is 14.7. The van der Waals surface area contributed by atoms with Crippen LogP contribution in [0.2, 0.25) is 0 Å². The van der Waals surface area contributed by atoms with Crippen LogP contribution in [0.25, 0.3) is 0 Å². The molecule has 0 aromatic carbocycles. The van der Waals surface area contributed by atoms with Crippen LogP contribution in [-0.2, 0) is 9.59 Å². The summed E-state index contributed by atoms with van der Waals surface area (Å²) in [6.45, 7) is 4.59. The van der Waals surface area contributed by atoms with Crippen molar-refractivity contribution >= 4 is 23.2 Å². The van der Waals surface area contributed by atoms with E-state index in [0.29, 0.717) is 25.3 Å². The summed E-state index contributed by atoms with van der Waals surface area (Å²) in [7, 11) is 0. The van der Waals surface area contributed by atoms with Crippen molar-refractivity contribution in [2.45, 2.75) is 51.5 Å². The van der Waals surface area contributed by atoms with E-state index in [1.54, 1.807) is 16.2 Å². The van der Waals surface area contributed by atoms with E-state index in [0.717, 1.165) is 12.8 Å². The largest absolute Gasteiger partial charge is 0.368 e. The van der Waals surface area contributed by atoms with Crippen LogP contribution in [0.5, 0.6) is 0 Å². The number of primary amides is 1. The molecule has 2 heterocycles. The third-order valence-corrected chi connectivity index (χ3v) is 5.14. The number of rotatable bonds is 4. The summed E-state index contributed by atoms with van der Waals surface area (Å²) in [5.74, 6) is -0.0103. The van der Waals surface area contributed by atoms with Crippen LogP contribution in [0.1, 0.15) is 49.0 Å². The van der Waals surface area contributed by atoms with Gasteiger partial charge in [-0.15, -0.1) is 11.3 Å². The van der Waals surface area contributed by atoms with E-state index in [2.05, 4.69) is 18.4 Å². The highest BCUT2D eigenvalue weighted by molar-refractivity contribution is 7.10. The lowest BCUT2D eigenvalue weighted by atomic mass is 10.0. The quantitative estimate of drug-likeness (QED) is 0.927. The summed E-state index contributed by atoms with van der Waals surface area (Å²) in [5, 5.41) is 2.14. The maximum Gasteiger partial charge on any atom is 0.240 e. The van der Waals surface area contributed by atoms with Crippen LogP contribution in [0, 0.1) is 6.92 Å². The molecule has 2 amide bonds. The van der Waals surface area contributed by atoms with Crippen LogP contribution in [0.15, 0.2) is 11.4 Å². The second-order valence-electron chi connectivity index (χ2n) is 5.49. The number of likely N-dealkylation sites (tertiary alicyclic amines) is 1. The Balaban J connectivity index is 2.21. The molecule has 1 saturated heterocycles. The van der Waals surface area contributed by atoms with Gasteiger partial charge in [-0.25, -0.2) is 0 Å². The molecule has 0 radical (unpaired) electrons. The zero-order valence-corrected chi connectivity index (χ0v) is 12.9. The number of hydrogen-bond acceptors (Lipinski definition) is 3. The molecule has 2 atom stereocenters. The van der Waals surface area contributed by atoms with Crippen LogP contribution in [-0.4, -0.2) is 29.3 Å². The number of thiophene rings is 1. The minimum Gasteiger partial charge on any atom is -0.368 e. The normalized spacial score (nSPS) is 21.6. The second-order valence-corrected chi connectivity index (χ2v) is 6.43. The molecule has 110 valence electrons. The van der Waals surface area contributed by atoms with Gasteiger partial charge in [0.2, 0.25) is 11.8 Å². The van der Waals surface area contributed by atoms with Gasteiger partial charge in [-0.2, -0.15) is 0 Å². The summed E-state index contributed by atoms with van der Waals surface area (Å²) >= 11 is 1.74. The monoisotopic (exact) mass is 294 g/mol. The molecule has 2 N–H and O–H groups in total. The van der Waals surface area contributed by atoms with Crippen LogP contribution >= 0.6 is 11.3 Å². The number of carbonyl (C=O) groups is 2. The highest BCUT2D eigenvalue weighted by Crippen LogP contribution is 2.32. The number of nitrogens with zero attached hydrogens (tertiary/aromatic N) is 1. The molecule has 1 aromatic rings. The van der Waals surface area contributed by atoms with Crippen LogP contribution in [0.4, 0.5) is 0 Å². The zero-order valence-electron chi connectivity index (χ0n) is 12.1. The third-order valence-electron chi connectivity index (χ3n) is 3.93. The number of nitrogens with two attached hydrogens (primary N) is 1. The van der Waals surface area contributed by atoms with Crippen molar-refractivity contribution in [3.63, 3.8) is 0 Å². The van der Waals surface area contributed by atoms with Gasteiger partial charge in [-0.1, -0.05) is 6.92 Å². The number of hydrogen-bond donors (Lipinski definition) is 1. The Bertz CT molecular complexity index is 498. The van der Waals surface area contributed by atoms with Crippen LogP contribution < -0.4 is 5.73 Å². The van der Waals surface area contributed by atoms with Crippen molar-refractivity contribution < 1.29 is 9.59 Å². The van der Waals surface area contributed by atoms with Crippen LogP contribution in [0.3, 0.4) is 0 Å². The first-order valence-electron chi connectivity index (χ1n) is 7.16. The van der Waals surface area contributed by atoms with Crippen molar-refractivity contribution in [3.8, 4) is 0 Å². The average molecular weight is 294 g/mol. The molecule has 1 aliphatic rings. The Morgan fingerprint density at radius 1 is 1.60 bits per heavy atom. The van der Waals surface area contributed by atoms with E-state index >= 15 is 0 Å². The minimum atomic E-state index is -0.468. The predicted molar refractivity (Wildman–Crippen MR) is 80.6 cm³/mol. The Kier molecular flexibility index (Phi) is 4.81. The Morgan fingerprint density at radius 3 is 2.90 bits per heavy atom. The van der Waals surface area contributed by atoms with Gasteiger partial charge in [-0.05, 0) is 43.2 Å². The molecular weight excluding hydrogens is 272 g/mol. The molecule has 20 heavy (non-hydrogen) atoms. The molecule has 2 unspecified atom stereocenters. The first-order chi connectivity index (χ1) is 9.52. The maximum absolute atomic E-state index is 12.2. The number of carbonyl (C=O) groups excluding carboxylic acids is 2. The summed E-state index contributed by atoms with van der Waals surface area (Å²) in [4.78, 5) is 26.8. The highest BCUT2D eigenvalue weighted by Gasteiger charge is 2.31. The Morgan fingerprint density at radius 2 is 2.35 bits per heavy atom. The van der Waals surface area contributed by atoms with Crippen molar-refractivity contribution in [2.24, 2.45) is 5.73 Å². The summed E-state index contributed by atoms with van der Waals surface area (Å²) in [5.41, 5.74) is 6.71. The van der Waals surface area contributed by atoms with Crippen molar-refractivity contribution in [1.29, 1.82) is 0 Å². The number of amides is 2. The Hall–Kier alpha value is -1.36. The standard InChI is InChI=1S/C15H22N2O2S/c1-3-12(15(16)19)17-8-11(5-4-6-14(17)18)13-7-10(2)9-20-13/h7,9,11-12H,3-6,8H2,1-2H3,(H2,16,19). The molecule has 1 aliphatic heterocycles. The molecule has 0 saturated carbocycles. The molecule has 1 fully saturated rings. The van der Waals surface area contributed by atoms with E-state index in [-0.39, 0.29) is 5.91 Å². The van der Waals surface area contributed by atoms with Gasteiger partial charge in [0.05, 0.1) is 0 Å². The van der Waals surface area contributed by atoms with Gasteiger partial charge in [0.1, 0.15) is 6.04 Å². The first-order valence-corrected chi connectivity index (χ1v) is 8.04. The molecule has 0 aliphatic carbocycles. The molecule has 2 rings (SSSR count). The highest BCUT2D eigenvalue weighted by atomic mass is 32.1. The fourth-order valence-corrected chi connectivity index (χ4v) is 3.88. The van der Waals surface area contributed by atoms with Crippen molar-refractivity contribution in [3.05, 3.63) is 21.9 Å². The van der Waals surface area contributed by atoms with Gasteiger partial charge >= 0.3 is 0 Å². The molecular formula is C15H22N2O2S. The minimum absolute atomic E-state index is 0.0615. The van der Waals surface area contributed by atoms with Gasteiger partial charge in [0.15, 0.2) is 0 Å². The van der Waals surface area contributed by atoms with Gasteiger partial charge < -0.3 is 10.6 Å². The lowest BCUT2D eigenvalue weighted by molar-refractivity contribution is -0.139. The maximum atomic E-state index is 12.2. The van der Waals surface area contributed by atoms with Gasteiger partial charge in [0, 0.05) is 23.8 Å². The summed E-state index contributed by atoms with van der Waals surface area (Å²) in [6.07, 6.45) is 2.98. The molecule has 0 spiro atoms. The Labute approximate surface area is 124 Å². The molecule has 5 heteroatoms. The second kappa shape index (κ2) is 6.39. The summed E-state index contributed by atoms with van der Waals surface area (Å²) < 4.78 is 0. The van der Waals surface area contributed by atoms with Crippen molar-refractivity contribution in [1.82, 2.24) is 4.90 Å². The van der Waals surface area contributed by atoms with E-state index in [1.165, 1.54) is 10.4 Å². The summed E-state index contributed by atoms with van der Waals surface area (Å²) in [6, 6.07) is 1.72. The van der Waals surface area contributed by atoms with Crippen molar-refractivity contribution in [2.75, 3.05) is 6.54 Å².